The van der Waals surface area contributed by atoms with Crippen LogP contribution < -0.4 is 0 Å². The quantitative estimate of drug-likeness (QED) is 0.777. The zero-order chi connectivity index (χ0) is 18.4. The van der Waals surface area contributed by atoms with Crippen LogP contribution in [-0.2, 0) is 22.6 Å². The number of aryl methyl sites for hydroxylation is 1. The van der Waals surface area contributed by atoms with E-state index in [1.807, 2.05) is 35.2 Å². The first kappa shape index (κ1) is 18.5. The van der Waals surface area contributed by atoms with E-state index in [1.54, 1.807) is 0 Å². The SMILES string of the molecule is O=C(CCc1ccccc1)N1CCCC(OCc2cc(F)ccc2F)C1. The van der Waals surface area contributed by atoms with Crippen LogP contribution >= 0.6 is 0 Å². The number of nitrogens with zero attached hydrogens (tertiary/aromatic N) is 1. The van der Waals surface area contributed by atoms with E-state index in [0.717, 1.165) is 49.6 Å². The fraction of sp³-hybridized carbons (Fsp3) is 0.381. The summed E-state index contributed by atoms with van der Waals surface area (Å²) in [6.45, 7) is 1.24. The summed E-state index contributed by atoms with van der Waals surface area (Å²) in [7, 11) is 0. The van der Waals surface area contributed by atoms with Gasteiger partial charge in [-0.15, -0.1) is 0 Å². The van der Waals surface area contributed by atoms with Gasteiger partial charge in [-0.05, 0) is 43.0 Å². The molecular formula is C21H23F2NO2. The van der Waals surface area contributed by atoms with Crippen LogP contribution in [0.5, 0.6) is 0 Å². The molecule has 2 aromatic carbocycles. The van der Waals surface area contributed by atoms with Gasteiger partial charge in [0.25, 0.3) is 0 Å². The van der Waals surface area contributed by atoms with Gasteiger partial charge in [0.1, 0.15) is 11.6 Å². The summed E-state index contributed by atoms with van der Waals surface area (Å²) in [5.74, 6) is -0.844. The molecule has 26 heavy (non-hydrogen) atoms. The molecule has 0 aliphatic carbocycles. The maximum atomic E-state index is 13.7. The number of amides is 1. The van der Waals surface area contributed by atoms with E-state index in [1.165, 1.54) is 0 Å². The second-order valence-corrected chi connectivity index (χ2v) is 6.64. The maximum Gasteiger partial charge on any atom is 0.222 e. The lowest BCUT2D eigenvalue weighted by Crippen LogP contribution is -2.43. The Morgan fingerprint density at radius 3 is 2.77 bits per heavy atom. The Hall–Kier alpha value is -2.27. The van der Waals surface area contributed by atoms with Crippen LogP contribution in [-0.4, -0.2) is 30.0 Å². The Morgan fingerprint density at radius 1 is 1.15 bits per heavy atom. The fourth-order valence-electron chi connectivity index (χ4n) is 3.22. The second kappa shape index (κ2) is 8.90. The van der Waals surface area contributed by atoms with E-state index >= 15 is 0 Å². The predicted octanol–water partition coefficient (Wildman–Crippen LogP) is 4.11. The first-order chi connectivity index (χ1) is 12.6. The topological polar surface area (TPSA) is 29.5 Å². The monoisotopic (exact) mass is 359 g/mol. The Bertz CT molecular complexity index is 736. The average molecular weight is 359 g/mol. The molecule has 138 valence electrons. The van der Waals surface area contributed by atoms with Gasteiger partial charge in [0.15, 0.2) is 0 Å². The fourth-order valence-corrected chi connectivity index (χ4v) is 3.22. The van der Waals surface area contributed by atoms with Gasteiger partial charge in [-0.1, -0.05) is 30.3 Å². The molecule has 0 spiro atoms. The van der Waals surface area contributed by atoms with Crippen molar-refractivity contribution < 1.29 is 18.3 Å². The Morgan fingerprint density at radius 2 is 1.96 bits per heavy atom. The maximum absolute atomic E-state index is 13.7. The molecule has 2 aromatic rings. The smallest absolute Gasteiger partial charge is 0.222 e. The van der Waals surface area contributed by atoms with Crippen molar-refractivity contribution in [2.45, 2.75) is 38.4 Å². The Kier molecular flexibility index (Phi) is 6.34. The summed E-state index contributed by atoms with van der Waals surface area (Å²) < 4.78 is 32.7. The number of carbonyl (C=O) groups excluding carboxylic acids is 1. The molecule has 1 amide bonds. The number of carbonyl (C=O) groups is 1. The first-order valence-electron chi connectivity index (χ1n) is 8.99. The molecule has 3 nitrogen and oxygen atoms in total. The van der Waals surface area contributed by atoms with Crippen LogP contribution in [0, 0.1) is 11.6 Å². The van der Waals surface area contributed by atoms with Crippen molar-refractivity contribution in [2.75, 3.05) is 13.1 Å². The highest BCUT2D eigenvalue weighted by molar-refractivity contribution is 5.76. The van der Waals surface area contributed by atoms with Crippen molar-refractivity contribution in [3.8, 4) is 0 Å². The number of hydrogen-bond acceptors (Lipinski definition) is 2. The summed E-state index contributed by atoms with van der Waals surface area (Å²) in [4.78, 5) is 14.3. The zero-order valence-electron chi connectivity index (χ0n) is 14.7. The Balaban J connectivity index is 1.49. The van der Waals surface area contributed by atoms with Crippen molar-refractivity contribution in [3.05, 3.63) is 71.3 Å². The standard InChI is InChI=1S/C21H23F2NO2/c22-18-9-10-20(23)17(13-18)15-26-19-7-4-12-24(14-19)21(25)11-8-16-5-2-1-3-6-16/h1-3,5-6,9-10,13,19H,4,7-8,11-12,14-15H2. The number of likely N-dealkylation sites (tertiary alicyclic amines) is 1. The van der Waals surface area contributed by atoms with Crippen molar-refractivity contribution in [3.63, 3.8) is 0 Å². The van der Waals surface area contributed by atoms with Gasteiger partial charge in [-0.3, -0.25) is 4.79 Å². The minimum atomic E-state index is -0.480. The minimum absolute atomic E-state index is 0.0142. The van der Waals surface area contributed by atoms with Gasteiger partial charge in [0, 0.05) is 25.1 Å². The highest BCUT2D eigenvalue weighted by Gasteiger charge is 2.24. The van der Waals surface area contributed by atoms with Crippen LogP contribution in [0.3, 0.4) is 0 Å². The molecule has 5 heteroatoms. The summed E-state index contributed by atoms with van der Waals surface area (Å²) in [6.07, 6.45) is 2.71. The van der Waals surface area contributed by atoms with Crippen LogP contribution in [0.15, 0.2) is 48.5 Å². The molecule has 1 aliphatic rings. The van der Waals surface area contributed by atoms with Crippen molar-refractivity contribution in [2.24, 2.45) is 0 Å². The lowest BCUT2D eigenvalue weighted by atomic mass is 10.1. The third kappa shape index (κ3) is 5.11. The molecule has 1 atom stereocenters. The molecule has 1 aliphatic heterocycles. The third-order valence-electron chi connectivity index (χ3n) is 4.68. The summed E-state index contributed by atoms with van der Waals surface area (Å²) in [5.41, 5.74) is 1.35. The van der Waals surface area contributed by atoms with E-state index in [-0.39, 0.29) is 24.2 Å². The summed E-state index contributed by atoms with van der Waals surface area (Å²) in [6, 6.07) is 13.3. The largest absolute Gasteiger partial charge is 0.372 e. The third-order valence-corrected chi connectivity index (χ3v) is 4.68. The van der Waals surface area contributed by atoms with Gasteiger partial charge in [0.2, 0.25) is 5.91 Å². The van der Waals surface area contributed by atoms with Crippen LogP contribution in [0.2, 0.25) is 0 Å². The molecule has 0 N–H and O–H groups in total. The molecule has 0 aromatic heterocycles. The molecule has 1 saturated heterocycles. The van der Waals surface area contributed by atoms with E-state index < -0.39 is 11.6 Å². The van der Waals surface area contributed by atoms with Crippen LogP contribution in [0.25, 0.3) is 0 Å². The number of rotatable bonds is 6. The highest BCUT2D eigenvalue weighted by atomic mass is 19.1. The Labute approximate surface area is 152 Å². The zero-order valence-corrected chi connectivity index (χ0v) is 14.7. The lowest BCUT2D eigenvalue weighted by molar-refractivity contribution is -0.135. The number of halogens is 2. The van der Waals surface area contributed by atoms with Gasteiger partial charge in [0.05, 0.1) is 12.7 Å². The molecule has 1 heterocycles. The van der Waals surface area contributed by atoms with E-state index in [9.17, 15) is 13.6 Å². The predicted molar refractivity (Wildman–Crippen MR) is 95.5 cm³/mol. The molecular weight excluding hydrogens is 336 g/mol. The summed E-state index contributed by atoms with van der Waals surface area (Å²) >= 11 is 0. The number of benzene rings is 2. The van der Waals surface area contributed by atoms with E-state index in [0.29, 0.717) is 13.0 Å². The second-order valence-electron chi connectivity index (χ2n) is 6.64. The van der Waals surface area contributed by atoms with E-state index in [4.69, 9.17) is 4.74 Å². The number of ether oxygens (including phenoxy) is 1. The van der Waals surface area contributed by atoms with Crippen LogP contribution in [0.4, 0.5) is 8.78 Å². The first-order valence-corrected chi connectivity index (χ1v) is 8.99. The molecule has 3 rings (SSSR count). The molecule has 0 bridgehead atoms. The highest BCUT2D eigenvalue weighted by Crippen LogP contribution is 2.18. The molecule has 0 radical (unpaired) electrons. The van der Waals surface area contributed by atoms with Crippen molar-refractivity contribution in [1.29, 1.82) is 0 Å². The van der Waals surface area contributed by atoms with Gasteiger partial charge >= 0.3 is 0 Å². The van der Waals surface area contributed by atoms with Crippen molar-refractivity contribution in [1.82, 2.24) is 4.90 Å². The molecule has 1 unspecified atom stereocenters. The van der Waals surface area contributed by atoms with Crippen molar-refractivity contribution >= 4 is 5.91 Å². The van der Waals surface area contributed by atoms with Crippen LogP contribution in [0.1, 0.15) is 30.4 Å². The van der Waals surface area contributed by atoms with Gasteiger partial charge in [-0.25, -0.2) is 8.78 Å². The summed E-state index contributed by atoms with van der Waals surface area (Å²) in [5, 5.41) is 0. The van der Waals surface area contributed by atoms with Gasteiger partial charge < -0.3 is 9.64 Å². The lowest BCUT2D eigenvalue weighted by Gasteiger charge is -2.33. The number of hydrogen-bond donors (Lipinski definition) is 0. The minimum Gasteiger partial charge on any atom is -0.372 e. The average Bonchev–Trinajstić information content (AvgIpc) is 2.68. The molecule has 0 saturated carbocycles. The number of piperidine rings is 1. The normalized spacial score (nSPS) is 17.3. The molecule has 1 fully saturated rings. The van der Waals surface area contributed by atoms with Gasteiger partial charge in [-0.2, -0.15) is 0 Å². The van der Waals surface area contributed by atoms with E-state index in [2.05, 4.69) is 0 Å².